The fourth-order valence-electron chi connectivity index (χ4n) is 3.87. The van der Waals surface area contributed by atoms with E-state index in [0.717, 1.165) is 6.07 Å². The van der Waals surface area contributed by atoms with Crippen LogP contribution in [0.25, 0.3) is 11.1 Å². The van der Waals surface area contributed by atoms with E-state index in [-0.39, 0.29) is 44.6 Å². The Hall–Kier alpha value is -3.63. The molecule has 3 aromatic carbocycles. The standard InChI is InChI=1S/C25H19ClF3N3O5S/c26-21-4-3-18(13-20(21)25(27,28)29)37-22-5-1-15(11-17(22)14-30)19-12-16(2-6-23(19)38(31,34)35)24(33)32-7-9-36-10-8-32/h1-6,11-13H,7-10H2,(H2,31,34,35). The minimum absolute atomic E-state index is 0.0699. The van der Waals surface area contributed by atoms with E-state index in [1.165, 1.54) is 42.5 Å². The fourth-order valence-corrected chi connectivity index (χ4v) is 4.84. The van der Waals surface area contributed by atoms with Crippen LogP contribution in [0.4, 0.5) is 13.2 Å². The number of primary sulfonamides is 1. The molecule has 1 amide bonds. The first-order valence-corrected chi connectivity index (χ1v) is 12.9. The van der Waals surface area contributed by atoms with Gasteiger partial charge >= 0.3 is 6.18 Å². The number of nitrogens with two attached hydrogens (primary N) is 1. The highest BCUT2D eigenvalue weighted by Gasteiger charge is 2.33. The van der Waals surface area contributed by atoms with Crippen molar-refractivity contribution in [3.8, 4) is 28.7 Å². The third-order valence-electron chi connectivity index (χ3n) is 5.71. The minimum Gasteiger partial charge on any atom is -0.456 e. The van der Waals surface area contributed by atoms with Gasteiger partial charge in [-0.2, -0.15) is 18.4 Å². The summed E-state index contributed by atoms with van der Waals surface area (Å²) in [5.41, 5.74) is -0.709. The summed E-state index contributed by atoms with van der Waals surface area (Å²) in [5.74, 6) is -0.627. The van der Waals surface area contributed by atoms with Crippen LogP contribution in [0.15, 0.2) is 59.5 Å². The quantitative estimate of drug-likeness (QED) is 0.474. The predicted octanol–water partition coefficient (Wildman–Crippen LogP) is 4.81. The van der Waals surface area contributed by atoms with Crippen molar-refractivity contribution < 1.29 is 35.9 Å². The molecule has 0 radical (unpaired) electrons. The third kappa shape index (κ3) is 5.92. The second-order valence-corrected chi connectivity index (χ2v) is 10.2. The molecule has 1 aliphatic heterocycles. The maximum absolute atomic E-state index is 13.2. The van der Waals surface area contributed by atoms with Crippen molar-refractivity contribution in [2.24, 2.45) is 5.14 Å². The molecule has 0 bridgehead atoms. The summed E-state index contributed by atoms with van der Waals surface area (Å²) in [5, 5.41) is 14.6. The first-order chi connectivity index (χ1) is 17.9. The molecule has 1 fully saturated rings. The number of benzene rings is 3. The zero-order valence-corrected chi connectivity index (χ0v) is 21.0. The number of hydrogen-bond donors (Lipinski definition) is 1. The first kappa shape index (κ1) is 27.4. The summed E-state index contributed by atoms with van der Waals surface area (Å²) in [6, 6.07) is 12.8. The highest BCUT2D eigenvalue weighted by Crippen LogP contribution is 2.39. The topological polar surface area (TPSA) is 123 Å². The lowest BCUT2D eigenvalue weighted by Crippen LogP contribution is -2.40. The number of halogens is 4. The molecule has 1 aliphatic rings. The molecule has 0 atom stereocenters. The average Bonchev–Trinajstić information content (AvgIpc) is 2.88. The van der Waals surface area contributed by atoms with E-state index < -0.39 is 26.8 Å². The first-order valence-electron chi connectivity index (χ1n) is 11.0. The molecule has 2 N–H and O–H groups in total. The van der Waals surface area contributed by atoms with Crippen LogP contribution in [0.5, 0.6) is 11.5 Å². The molecule has 38 heavy (non-hydrogen) atoms. The van der Waals surface area contributed by atoms with Crippen molar-refractivity contribution in [2.75, 3.05) is 26.3 Å². The van der Waals surface area contributed by atoms with E-state index in [1.807, 2.05) is 6.07 Å². The van der Waals surface area contributed by atoms with Gasteiger partial charge in [0.1, 0.15) is 17.6 Å². The highest BCUT2D eigenvalue weighted by molar-refractivity contribution is 7.89. The molecule has 3 aromatic rings. The second-order valence-electron chi connectivity index (χ2n) is 8.22. The number of amides is 1. The number of sulfonamides is 1. The van der Waals surface area contributed by atoms with E-state index in [2.05, 4.69) is 0 Å². The number of nitrogens with zero attached hydrogens (tertiary/aromatic N) is 2. The summed E-state index contributed by atoms with van der Waals surface area (Å²) in [7, 11) is -4.23. The number of morpholine rings is 1. The molecule has 13 heteroatoms. The largest absolute Gasteiger partial charge is 0.456 e. The van der Waals surface area contributed by atoms with E-state index in [4.69, 9.17) is 26.2 Å². The van der Waals surface area contributed by atoms with Crippen LogP contribution in [0.2, 0.25) is 5.02 Å². The van der Waals surface area contributed by atoms with E-state index in [9.17, 15) is 31.6 Å². The smallest absolute Gasteiger partial charge is 0.417 e. The molecule has 1 saturated heterocycles. The maximum Gasteiger partial charge on any atom is 0.417 e. The Bertz CT molecular complexity index is 1550. The summed E-state index contributed by atoms with van der Waals surface area (Å²) >= 11 is 5.65. The Kier molecular flexibility index (Phi) is 7.66. The molecular formula is C25H19ClF3N3O5S. The molecule has 0 saturated carbocycles. The molecule has 4 rings (SSSR count). The Labute approximate surface area is 221 Å². The Morgan fingerprint density at radius 3 is 2.42 bits per heavy atom. The summed E-state index contributed by atoms with van der Waals surface area (Å²) in [6.07, 6.45) is -4.72. The number of alkyl halides is 3. The number of rotatable bonds is 5. The van der Waals surface area contributed by atoms with Gasteiger partial charge in [0.2, 0.25) is 10.0 Å². The number of carbonyl (C=O) groups excluding carboxylic acids is 1. The van der Waals surface area contributed by atoms with Gasteiger partial charge in [-0.25, -0.2) is 13.6 Å². The lowest BCUT2D eigenvalue weighted by atomic mass is 10.00. The third-order valence-corrected chi connectivity index (χ3v) is 7.01. The Morgan fingerprint density at radius 1 is 1.08 bits per heavy atom. The van der Waals surface area contributed by atoms with Crippen LogP contribution in [-0.4, -0.2) is 45.5 Å². The van der Waals surface area contributed by atoms with Gasteiger partial charge in [0.25, 0.3) is 5.91 Å². The summed E-state index contributed by atoms with van der Waals surface area (Å²) in [4.78, 5) is 14.3. The van der Waals surface area contributed by atoms with Gasteiger partial charge in [-0.05, 0) is 54.1 Å². The summed E-state index contributed by atoms with van der Waals surface area (Å²) in [6.45, 7) is 1.49. The lowest BCUT2D eigenvalue weighted by Gasteiger charge is -2.27. The molecule has 8 nitrogen and oxygen atoms in total. The number of hydrogen-bond acceptors (Lipinski definition) is 6. The Morgan fingerprint density at radius 2 is 1.79 bits per heavy atom. The molecule has 0 aliphatic carbocycles. The van der Waals surface area contributed by atoms with Crippen LogP contribution in [-0.2, 0) is 20.9 Å². The SMILES string of the molecule is N#Cc1cc(-c2cc(C(=O)N3CCOCC3)ccc2S(N)(=O)=O)ccc1Oc1ccc(Cl)c(C(F)(F)F)c1. The molecular weight excluding hydrogens is 547 g/mol. The molecule has 0 aromatic heterocycles. The summed E-state index contributed by atoms with van der Waals surface area (Å²) < 4.78 is 75.0. The minimum atomic E-state index is -4.72. The lowest BCUT2D eigenvalue weighted by molar-refractivity contribution is -0.137. The predicted molar refractivity (Wildman–Crippen MR) is 131 cm³/mol. The van der Waals surface area contributed by atoms with Crippen molar-refractivity contribution >= 4 is 27.5 Å². The van der Waals surface area contributed by atoms with Crippen molar-refractivity contribution in [2.45, 2.75) is 11.1 Å². The van der Waals surface area contributed by atoms with Gasteiger partial charge in [-0.15, -0.1) is 0 Å². The van der Waals surface area contributed by atoms with Crippen LogP contribution >= 0.6 is 11.6 Å². The zero-order chi connectivity index (χ0) is 27.7. The van der Waals surface area contributed by atoms with Crippen molar-refractivity contribution in [1.82, 2.24) is 4.90 Å². The van der Waals surface area contributed by atoms with E-state index in [0.29, 0.717) is 32.4 Å². The van der Waals surface area contributed by atoms with Crippen molar-refractivity contribution in [1.29, 1.82) is 5.26 Å². The van der Waals surface area contributed by atoms with Gasteiger partial charge in [0.15, 0.2) is 0 Å². The maximum atomic E-state index is 13.2. The van der Waals surface area contributed by atoms with E-state index >= 15 is 0 Å². The van der Waals surface area contributed by atoms with Crippen molar-refractivity contribution in [3.05, 3.63) is 76.3 Å². The van der Waals surface area contributed by atoms with Crippen LogP contribution in [0, 0.1) is 11.3 Å². The molecule has 0 spiro atoms. The van der Waals surface area contributed by atoms with Crippen molar-refractivity contribution in [3.63, 3.8) is 0 Å². The normalized spacial score (nSPS) is 14.2. The van der Waals surface area contributed by atoms with Crippen LogP contribution in [0.1, 0.15) is 21.5 Å². The van der Waals surface area contributed by atoms with Gasteiger partial charge in [-0.1, -0.05) is 17.7 Å². The zero-order valence-electron chi connectivity index (χ0n) is 19.5. The number of nitriles is 1. The van der Waals surface area contributed by atoms with Crippen LogP contribution in [0.3, 0.4) is 0 Å². The highest BCUT2D eigenvalue weighted by atomic mass is 35.5. The number of carbonyl (C=O) groups is 1. The van der Waals surface area contributed by atoms with E-state index in [1.54, 1.807) is 4.90 Å². The van der Waals surface area contributed by atoms with Gasteiger partial charge in [0, 0.05) is 24.2 Å². The number of ether oxygens (including phenoxy) is 2. The van der Waals surface area contributed by atoms with Gasteiger partial charge in [-0.3, -0.25) is 4.79 Å². The fraction of sp³-hybridized carbons (Fsp3) is 0.200. The molecule has 198 valence electrons. The average molecular weight is 566 g/mol. The molecule has 1 heterocycles. The Balaban J connectivity index is 1.74. The van der Waals surface area contributed by atoms with Gasteiger partial charge < -0.3 is 14.4 Å². The van der Waals surface area contributed by atoms with Crippen LogP contribution < -0.4 is 9.88 Å². The second kappa shape index (κ2) is 10.6. The van der Waals surface area contributed by atoms with Gasteiger partial charge in [0.05, 0.1) is 34.3 Å². The monoisotopic (exact) mass is 565 g/mol. The molecule has 0 unspecified atom stereocenters.